The zero-order chi connectivity index (χ0) is 28.6. The van der Waals surface area contributed by atoms with Crippen LogP contribution >= 0.6 is 0 Å². The number of imidazole rings is 1. The predicted molar refractivity (Wildman–Crippen MR) is 160 cm³/mol. The lowest BCUT2D eigenvalue weighted by atomic mass is 9.80. The third-order valence-electron chi connectivity index (χ3n) is 9.60. The molecule has 11 nitrogen and oxygen atoms in total. The number of aromatic nitrogens is 6. The van der Waals surface area contributed by atoms with E-state index in [1.807, 2.05) is 6.07 Å². The summed E-state index contributed by atoms with van der Waals surface area (Å²) in [5, 5.41) is 7.63. The Kier molecular flexibility index (Phi) is 7.43. The third kappa shape index (κ3) is 5.30. The molecular weight excluding hydrogens is 532 g/mol. The van der Waals surface area contributed by atoms with Gasteiger partial charge in [0.25, 0.3) is 0 Å². The van der Waals surface area contributed by atoms with Crippen molar-refractivity contribution >= 4 is 22.9 Å². The van der Waals surface area contributed by atoms with Crippen LogP contribution in [0.25, 0.3) is 22.8 Å². The van der Waals surface area contributed by atoms with Gasteiger partial charge in [0.1, 0.15) is 5.52 Å². The van der Waals surface area contributed by atoms with Gasteiger partial charge in [0.2, 0.25) is 17.6 Å². The number of anilines is 2. The molecule has 2 atom stereocenters. The molecule has 1 saturated heterocycles. The Bertz CT molecular complexity index is 1570. The normalized spacial score (nSPS) is 24.0. The lowest BCUT2D eigenvalue weighted by Crippen LogP contribution is -2.41. The fourth-order valence-corrected chi connectivity index (χ4v) is 6.79. The molecule has 1 aliphatic heterocycles. The molecule has 1 aromatic carbocycles. The number of aromatic amines is 1. The van der Waals surface area contributed by atoms with E-state index in [9.17, 15) is 4.79 Å². The Labute approximate surface area is 245 Å². The average Bonchev–Trinajstić information content (AvgIpc) is 3.57. The summed E-state index contributed by atoms with van der Waals surface area (Å²) in [6.07, 6.45) is 8.59. The zero-order valence-corrected chi connectivity index (χ0v) is 24.5. The minimum atomic E-state index is -0.636. The van der Waals surface area contributed by atoms with Gasteiger partial charge in [0.05, 0.1) is 19.3 Å². The van der Waals surface area contributed by atoms with Crippen LogP contribution in [-0.4, -0.2) is 55.5 Å². The first-order chi connectivity index (χ1) is 20.5. The Morgan fingerprint density at radius 2 is 1.88 bits per heavy atom. The SMILES string of the molecule is CC1CCC(Cn2c(N3CCOC[C@@H]3c3ccccc3)nc3nc(-c4noc(=O)[nH]4)nc(N[C@H](C)C4CCC4)c32)CC1. The summed E-state index contributed by atoms with van der Waals surface area (Å²) in [6.45, 7) is 7.40. The summed E-state index contributed by atoms with van der Waals surface area (Å²) >= 11 is 0. The molecule has 0 unspecified atom stereocenters. The zero-order valence-electron chi connectivity index (χ0n) is 24.5. The topological polar surface area (TPSA) is 127 Å². The number of benzene rings is 1. The third-order valence-corrected chi connectivity index (χ3v) is 9.60. The molecule has 2 saturated carbocycles. The quantitative estimate of drug-likeness (QED) is 0.294. The molecule has 3 aliphatic rings. The molecule has 11 heteroatoms. The number of hydrogen-bond acceptors (Lipinski definition) is 9. The Morgan fingerprint density at radius 1 is 1.07 bits per heavy atom. The first kappa shape index (κ1) is 27.1. The van der Waals surface area contributed by atoms with E-state index in [2.05, 4.69) is 63.0 Å². The van der Waals surface area contributed by atoms with Gasteiger partial charge in [-0.3, -0.25) is 9.51 Å². The molecule has 42 heavy (non-hydrogen) atoms. The molecule has 0 radical (unpaired) electrons. The van der Waals surface area contributed by atoms with Crippen molar-refractivity contribution in [3.8, 4) is 11.6 Å². The minimum absolute atomic E-state index is 0.0338. The highest BCUT2D eigenvalue weighted by Crippen LogP contribution is 2.38. The number of fused-ring (bicyclic) bond motifs is 1. The van der Waals surface area contributed by atoms with E-state index < -0.39 is 5.76 Å². The number of nitrogens with zero attached hydrogens (tertiary/aromatic N) is 6. The molecule has 0 amide bonds. The van der Waals surface area contributed by atoms with E-state index in [1.54, 1.807) is 0 Å². The standard InChI is InChI=1S/C31H40N8O3/c1-19-11-13-21(14-12-19)17-39-25-26(32-20(2)22-9-6-10-22)33-28(29-36-31(40)42-37-29)34-27(25)35-30(39)38-15-16-41-18-24(38)23-7-4-3-5-8-23/h3-5,7-8,19-22,24H,6,9-18H2,1-2H3,(H,32,33,34)(H,36,37,40)/t19?,20-,21?,24-/m1/s1. The van der Waals surface area contributed by atoms with E-state index in [-0.39, 0.29) is 17.9 Å². The van der Waals surface area contributed by atoms with Crippen LogP contribution in [-0.2, 0) is 11.3 Å². The maximum Gasteiger partial charge on any atom is 0.439 e. The van der Waals surface area contributed by atoms with Crippen LogP contribution in [0.2, 0.25) is 0 Å². The fourth-order valence-electron chi connectivity index (χ4n) is 6.79. The largest absolute Gasteiger partial charge is 0.439 e. The fraction of sp³-hybridized carbons (Fsp3) is 0.581. The smallest absolute Gasteiger partial charge is 0.377 e. The van der Waals surface area contributed by atoms with Gasteiger partial charge < -0.3 is 19.5 Å². The Balaban J connectivity index is 1.38. The van der Waals surface area contributed by atoms with E-state index in [0.717, 1.165) is 36.3 Å². The molecule has 2 N–H and O–H groups in total. The molecule has 4 aromatic rings. The van der Waals surface area contributed by atoms with Crippen LogP contribution in [0.5, 0.6) is 0 Å². The van der Waals surface area contributed by atoms with Crippen LogP contribution in [0.15, 0.2) is 39.6 Å². The monoisotopic (exact) mass is 572 g/mol. The summed E-state index contributed by atoms with van der Waals surface area (Å²) < 4.78 is 13.2. The summed E-state index contributed by atoms with van der Waals surface area (Å²) in [5.74, 6) is 3.40. The summed E-state index contributed by atoms with van der Waals surface area (Å²) in [4.78, 5) is 31.8. The van der Waals surface area contributed by atoms with Gasteiger partial charge in [-0.25, -0.2) is 14.8 Å². The molecule has 7 rings (SSSR count). The van der Waals surface area contributed by atoms with Gasteiger partial charge >= 0.3 is 5.76 Å². The van der Waals surface area contributed by atoms with Gasteiger partial charge in [-0.05, 0) is 55.9 Å². The van der Waals surface area contributed by atoms with E-state index in [4.69, 9.17) is 24.2 Å². The second-order valence-corrected chi connectivity index (χ2v) is 12.5. The molecule has 3 aromatic heterocycles. The molecule has 3 fully saturated rings. The number of ether oxygens (including phenoxy) is 1. The Morgan fingerprint density at radius 3 is 2.60 bits per heavy atom. The van der Waals surface area contributed by atoms with E-state index >= 15 is 0 Å². The highest BCUT2D eigenvalue weighted by molar-refractivity contribution is 5.87. The van der Waals surface area contributed by atoms with Crippen molar-refractivity contribution in [2.45, 2.75) is 77.4 Å². The van der Waals surface area contributed by atoms with Gasteiger partial charge in [-0.15, -0.1) is 0 Å². The first-order valence-corrected chi connectivity index (χ1v) is 15.5. The lowest BCUT2D eigenvalue weighted by Gasteiger charge is -2.37. The molecule has 2 aliphatic carbocycles. The number of H-pyrrole nitrogens is 1. The van der Waals surface area contributed by atoms with Crippen molar-refractivity contribution in [3.63, 3.8) is 0 Å². The molecule has 222 valence electrons. The number of nitrogens with one attached hydrogen (secondary N) is 2. The Hall–Kier alpha value is -3.73. The maximum atomic E-state index is 11.8. The van der Waals surface area contributed by atoms with Crippen molar-refractivity contribution in [1.29, 1.82) is 0 Å². The number of hydrogen-bond donors (Lipinski definition) is 2. The number of rotatable bonds is 8. The van der Waals surface area contributed by atoms with E-state index in [1.165, 1.54) is 50.5 Å². The van der Waals surface area contributed by atoms with Gasteiger partial charge in [0, 0.05) is 19.1 Å². The van der Waals surface area contributed by atoms with Crippen molar-refractivity contribution in [3.05, 3.63) is 46.4 Å². The lowest BCUT2D eigenvalue weighted by molar-refractivity contribution is 0.0927. The van der Waals surface area contributed by atoms with Crippen LogP contribution in [0.1, 0.15) is 70.4 Å². The van der Waals surface area contributed by atoms with Crippen molar-refractivity contribution in [1.82, 2.24) is 29.7 Å². The molecule has 0 bridgehead atoms. The minimum Gasteiger partial charge on any atom is -0.377 e. The van der Waals surface area contributed by atoms with Crippen LogP contribution in [0.3, 0.4) is 0 Å². The van der Waals surface area contributed by atoms with E-state index in [0.29, 0.717) is 36.5 Å². The van der Waals surface area contributed by atoms with Gasteiger partial charge in [-0.1, -0.05) is 61.7 Å². The highest BCUT2D eigenvalue weighted by atomic mass is 16.5. The van der Waals surface area contributed by atoms with Crippen LogP contribution < -0.4 is 16.0 Å². The summed E-state index contributed by atoms with van der Waals surface area (Å²) in [5.41, 5.74) is 2.69. The second kappa shape index (κ2) is 11.5. The van der Waals surface area contributed by atoms with Gasteiger partial charge in [0.15, 0.2) is 11.5 Å². The maximum absolute atomic E-state index is 11.8. The number of morpholine rings is 1. The van der Waals surface area contributed by atoms with Crippen molar-refractivity contribution in [2.24, 2.45) is 17.8 Å². The molecule has 0 spiro atoms. The van der Waals surface area contributed by atoms with Crippen LogP contribution in [0, 0.1) is 17.8 Å². The van der Waals surface area contributed by atoms with Crippen LogP contribution in [0.4, 0.5) is 11.8 Å². The molecule has 4 heterocycles. The summed E-state index contributed by atoms with van der Waals surface area (Å²) in [7, 11) is 0. The van der Waals surface area contributed by atoms with Gasteiger partial charge in [-0.2, -0.15) is 4.98 Å². The first-order valence-electron chi connectivity index (χ1n) is 15.5. The second-order valence-electron chi connectivity index (χ2n) is 12.5. The highest BCUT2D eigenvalue weighted by Gasteiger charge is 2.33. The summed E-state index contributed by atoms with van der Waals surface area (Å²) in [6, 6.07) is 10.8. The molecular formula is C31H40N8O3. The van der Waals surface area contributed by atoms with Crippen molar-refractivity contribution < 1.29 is 9.26 Å². The van der Waals surface area contributed by atoms with Crippen molar-refractivity contribution in [2.75, 3.05) is 30.0 Å². The predicted octanol–water partition coefficient (Wildman–Crippen LogP) is 5.17. The average molecular weight is 573 g/mol.